The SMILES string of the molecule is CCC1=CC(C)(CC)N2C(=O)C(=O)c3c(C)ccc1c32. The number of carbonyl (C=O) groups is 2. The van der Waals surface area contributed by atoms with Gasteiger partial charge in [0.2, 0.25) is 0 Å². The highest BCUT2D eigenvalue weighted by Crippen LogP contribution is 2.47. The summed E-state index contributed by atoms with van der Waals surface area (Å²) in [6, 6.07) is 3.98. The minimum atomic E-state index is -0.399. The van der Waals surface area contributed by atoms with Crippen LogP contribution in [0.5, 0.6) is 0 Å². The van der Waals surface area contributed by atoms with Crippen LogP contribution < -0.4 is 4.90 Å². The molecule has 0 aliphatic carbocycles. The summed E-state index contributed by atoms with van der Waals surface area (Å²) >= 11 is 0. The summed E-state index contributed by atoms with van der Waals surface area (Å²) in [5, 5.41) is 0. The third kappa shape index (κ3) is 1.41. The van der Waals surface area contributed by atoms with Crippen LogP contribution >= 0.6 is 0 Å². The molecular formula is C17H19NO2. The molecule has 0 fully saturated rings. The second kappa shape index (κ2) is 4.05. The first-order valence-electron chi connectivity index (χ1n) is 7.19. The van der Waals surface area contributed by atoms with Gasteiger partial charge in [0.05, 0.1) is 16.8 Å². The molecular weight excluding hydrogens is 250 g/mol. The van der Waals surface area contributed by atoms with Gasteiger partial charge in [-0.3, -0.25) is 14.5 Å². The van der Waals surface area contributed by atoms with Gasteiger partial charge in [-0.15, -0.1) is 0 Å². The van der Waals surface area contributed by atoms with E-state index < -0.39 is 5.54 Å². The number of nitrogens with zero attached hydrogens (tertiary/aromatic N) is 1. The molecule has 0 saturated carbocycles. The number of benzene rings is 1. The molecule has 1 aromatic carbocycles. The number of ketones is 1. The van der Waals surface area contributed by atoms with Crippen LogP contribution in [0.4, 0.5) is 5.69 Å². The standard InChI is InChI=1S/C17H19NO2/c1-5-11-9-17(4,6-2)18-14-12(11)8-7-10(3)13(14)15(19)16(18)20/h7-9H,5-6H2,1-4H3. The normalized spacial score (nSPS) is 24.0. The van der Waals surface area contributed by atoms with Gasteiger partial charge in [-0.05, 0) is 37.8 Å². The predicted octanol–water partition coefficient (Wildman–Crippen LogP) is 3.50. The minimum absolute atomic E-state index is 0.357. The fourth-order valence-corrected chi connectivity index (χ4v) is 3.34. The Morgan fingerprint density at radius 3 is 2.50 bits per heavy atom. The van der Waals surface area contributed by atoms with Crippen molar-refractivity contribution in [2.45, 2.75) is 46.1 Å². The van der Waals surface area contributed by atoms with Gasteiger partial charge in [-0.1, -0.05) is 32.1 Å². The van der Waals surface area contributed by atoms with Crippen molar-refractivity contribution in [1.82, 2.24) is 0 Å². The number of hydrogen-bond donors (Lipinski definition) is 0. The van der Waals surface area contributed by atoms with E-state index in [-0.39, 0.29) is 11.7 Å². The van der Waals surface area contributed by atoms with Crippen molar-refractivity contribution < 1.29 is 9.59 Å². The zero-order chi connectivity index (χ0) is 14.7. The molecule has 1 atom stereocenters. The van der Waals surface area contributed by atoms with Gasteiger partial charge in [-0.2, -0.15) is 0 Å². The molecule has 1 amide bonds. The van der Waals surface area contributed by atoms with E-state index in [0.29, 0.717) is 5.56 Å². The lowest BCUT2D eigenvalue weighted by Crippen LogP contribution is -2.49. The molecule has 2 aliphatic rings. The average molecular weight is 269 g/mol. The van der Waals surface area contributed by atoms with Crippen LogP contribution in [0.25, 0.3) is 5.57 Å². The van der Waals surface area contributed by atoms with Crippen LogP contribution in [0.2, 0.25) is 0 Å². The first kappa shape index (κ1) is 13.1. The number of carbonyl (C=O) groups excluding carboxylic acids is 2. The third-order valence-electron chi connectivity index (χ3n) is 4.67. The van der Waals surface area contributed by atoms with E-state index >= 15 is 0 Å². The van der Waals surface area contributed by atoms with Crippen molar-refractivity contribution in [3.63, 3.8) is 0 Å². The van der Waals surface area contributed by atoms with E-state index in [2.05, 4.69) is 19.9 Å². The monoisotopic (exact) mass is 269 g/mol. The summed E-state index contributed by atoms with van der Waals surface area (Å²) in [6.07, 6.45) is 3.86. The summed E-state index contributed by atoms with van der Waals surface area (Å²) < 4.78 is 0. The van der Waals surface area contributed by atoms with Gasteiger partial charge in [0.15, 0.2) is 0 Å². The maximum Gasteiger partial charge on any atom is 0.300 e. The van der Waals surface area contributed by atoms with Gasteiger partial charge >= 0.3 is 0 Å². The Balaban J connectivity index is 2.39. The lowest BCUT2D eigenvalue weighted by atomic mass is 9.84. The molecule has 2 heterocycles. The smallest absolute Gasteiger partial charge is 0.295 e. The molecule has 1 aromatic rings. The summed E-state index contributed by atoms with van der Waals surface area (Å²) in [7, 11) is 0. The molecule has 1 unspecified atom stereocenters. The predicted molar refractivity (Wildman–Crippen MR) is 80.0 cm³/mol. The van der Waals surface area contributed by atoms with Crippen molar-refractivity contribution in [2.24, 2.45) is 0 Å². The molecule has 0 saturated heterocycles. The zero-order valence-electron chi connectivity index (χ0n) is 12.4. The van der Waals surface area contributed by atoms with E-state index in [1.165, 1.54) is 5.57 Å². The number of amides is 1. The lowest BCUT2D eigenvalue weighted by Gasteiger charge is -2.41. The van der Waals surface area contributed by atoms with Crippen molar-refractivity contribution in [3.8, 4) is 0 Å². The number of allylic oxidation sites excluding steroid dienone is 1. The molecule has 0 spiro atoms. The topological polar surface area (TPSA) is 37.4 Å². The Bertz CT molecular complexity index is 672. The number of rotatable bonds is 2. The first-order chi connectivity index (χ1) is 9.44. The van der Waals surface area contributed by atoms with Gasteiger partial charge in [0.25, 0.3) is 11.7 Å². The van der Waals surface area contributed by atoms with Gasteiger partial charge in [-0.25, -0.2) is 0 Å². The molecule has 3 heteroatoms. The second-order valence-electron chi connectivity index (χ2n) is 5.86. The number of Topliss-reactive ketones (excluding diaryl/α,β-unsaturated/α-hetero) is 1. The fraction of sp³-hybridized carbons (Fsp3) is 0.412. The molecule has 0 bridgehead atoms. The number of anilines is 1. The van der Waals surface area contributed by atoms with E-state index in [4.69, 9.17) is 0 Å². The first-order valence-corrected chi connectivity index (χ1v) is 7.19. The van der Waals surface area contributed by atoms with Crippen LogP contribution in [0, 0.1) is 6.92 Å². The Morgan fingerprint density at radius 2 is 1.90 bits per heavy atom. The van der Waals surface area contributed by atoms with E-state index in [1.807, 2.05) is 26.0 Å². The highest BCUT2D eigenvalue weighted by molar-refractivity contribution is 6.53. The summed E-state index contributed by atoms with van der Waals surface area (Å²) in [5.41, 5.74) is 4.20. The quantitative estimate of drug-likeness (QED) is 0.771. The van der Waals surface area contributed by atoms with Crippen molar-refractivity contribution in [1.29, 1.82) is 0 Å². The van der Waals surface area contributed by atoms with Gasteiger partial charge in [0, 0.05) is 5.56 Å². The Hall–Kier alpha value is -1.90. The maximum atomic E-state index is 12.4. The maximum absolute atomic E-state index is 12.4. The Labute approximate surface area is 119 Å². The third-order valence-corrected chi connectivity index (χ3v) is 4.67. The second-order valence-corrected chi connectivity index (χ2v) is 5.86. The van der Waals surface area contributed by atoms with Gasteiger partial charge < -0.3 is 0 Å². The van der Waals surface area contributed by atoms with Crippen LogP contribution in [0.15, 0.2) is 18.2 Å². The van der Waals surface area contributed by atoms with Crippen LogP contribution in [0.3, 0.4) is 0 Å². The number of aryl methyl sites for hydroxylation is 1. The van der Waals surface area contributed by atoms with Crippen molar-refractivity contribution in [2.75, 3.05) is 4.90 Å². The lowest BCUT2D eigenvalue weighted by molar-refractivity contribution is -0.115. The van der Waals surface area contributed by atoms with Crippen LogP contribution in [-0.4, -0.2) is 17.2 Å². The highest BCUT2D eigenvalue weighted by Gasteiger charge is 2.48. The van der Waals surface area contributed by atoms with E-state index in [1.54, 1.807) is 4.90 Å². The molecule has 3 rings (SSSR count). The summed E-state index contributed by atoms with van der Waals surface area (Å²) in [6.45, 7) is 8.11. The fourth-order valence-electron chi connectivity index (χ4n) is 3.34. The molecule has 20 heavy (non-hydrogen) atoms. The average Bonchev–Trinajstić information content (AvgIpc) is 2.71. The van der Waals surface area contributed by atoms with Crippen molar-refractivity contribution >= 4 is 23.0 Å². The Morgan fingerprint density at radius 1 is 1.20 bits per heavy atom. The molecule has 0 aromatic heterocycles. The summed E-state index contributed by atoms with van der Waals surface area (Å²) in [4.78, 5) is 26.5. The largest absolute Gasteiger partial charge is 0.300 e. The number of hydrogen-bond acceptors (Lipinski definition) is 2. The van der Waals surface area contributed by atoms with Crippen LogP contribution in [0.1, 0.15) is 55.1 Å². The molecule has 104 valence electrons. The minimum Gasteiger partial charge on any atom is -0.295 e. The molecule has 0 N–H and O–H groups in total. The molecule has 3 nitrogen and oxygen atoms in total. The Kier molecular flexibility index (Phi) is 2.65. The zero-order valence-corrected chi connectivity index (χ0v) is 12.4. The van der Waals surface area contributed by atoms with Crippen LogP contribution in [-0.2, 0) is 4.79 Å². The molecule has 2 aliphatic heterocycles. The van der Waals surface area contributed by atoms with E-state index in [9.17, 15) is 9.59 Å². The highest BCUT2D eigenvalue weighted by atomic mass is 16.2. The van der Waals surface area contributed by atoms with Crippen molar-refractivity contribution in [3.05, 3.63) is 34.9 Å². The van der Waals surface area contributed by atoms with E-state index in [0.717, 1.165) is 29.7 Å². The van der Waals surface area contributed by atoms with Gasteiger partial charge in [0.1, 0.15) is 0 Å². The summed E-state index contributed by atoms with van der Waals surface area (Å²) in [5.74, 6) is -0.740. The molecule has 0 radical (unpaired) electrons.